The van der Waals surface area contributed by atoms with Crippen LogP contribution in [0.4, 0.5) is 0 Å². The number of carbonyl (C=O) groups excluding carboxylic acids is 1. The first-order valence-corrected chi connectivity index (χ1v) is 12.6. The Morgan fingerprint density at radius 3 is 2.28 bits per heavy atom. The topological polar surface area (TPSA) is 104 Å². The van der Waals surface area contributed by atoms with Crippen molar-refractivity contribution < 1.29 is 21.6 Å². The van der Waals surface area contributed by atoms with Crippen molar-refractivity contribution in [1.82, 2.24) is 13.9 Å². The van der Waals surface area contributed by atoms with Crippen LogP contribution in [0.1, 0.15) is 33.1 Å². The van der Waals surface area contributed by atoms with Gasteiger partial charge in [-0.1, -0.05) is 13.8 Å². The summed E-state index contributed by atoms with van der Waals surface area (Å²) in [5.41, 5.74) is 0. The lowest BCUT2D eigenvalue weighted by Crippen LogP contribution is -2.45. The number of rotatable bonds is 8. The fourth-order valence-corrected chi connectivity index (χ4v) is 5.57. The fourth-order valence-electron chi connectivity index (χ4n) is 3.15. The number of piperidine rings is 1. The maximum Gasteiger partial charge on any atom is 0.243 e. The molecule has 164 valence electrons. The van der Waals surface area contributed by atoms with Crippen LogP contribution < -0.4 is 5.32 Å². The first kappa shape index (κ1) is 23.8. The summed E-state index contributed by atoms with van der Waals surface area (Å²) in [5.74, 6) is -0.00475. The molecule has 0 aliphatic carbocycles. The summed E-state index contributed by atoms with van der Waals surface area (Å²) in [5, 5.41) is 2.90. The molecule has 0 aromatic heterocycles. The molecule has 1 saturated heterocycles. The summed E-state index contributed by atoms with van der Waals surface area (Å²) in [6.07, 6.45) is 2.14. The van der Waals surface area contributed by atoms with Crippen LogP contribution in [0.5, 0.6) is 0 Å². The van der Waals surface area contributed by atoms with Crippen LogP contribution in [0.3, 0.4) is 0 Å². The minimum absolute atomic E-state index is 0.0241. The van der Waals surface area contributed by atoms with Gasteiger partial charge in [0.2, 0.25) is 26.0 Å². The van der Waals surface area contributed by atoms with Crippen molar-refractivity contribution in [2.75, 3.05) is 33.7 Å². The fraction of sp³-hybridized carbons (Fsp3) is 0.632. The number of nitrogens with zero attached hydrogens (tertiary/aromatic N) is 2. The van der Waals surface area contributed by atoms with Crippen molar-refractivity contribution in [2.45, 2.75) is 42.9 Å². The van der Waals surface area contributed by atoms with Crippen LogP contribution in [0.2, 0.25) is 0 Å². The monoisotopic (exact) mass is 445 g/mol. The SMILES string of the molecule is CC(C)CCNC(=O)C1CCCN(S(=O)(=O)c2ccc(S(=O)(=O)N(C)C)cc2)C1. The Bertz CT molecular complexity index is 910. The molecule has 1 N–H and O–H groups in total. The molecule has 1 aliphatic rings. The molecule has 0 bridgehead atoms. The van der Waals surface area contributed by atoms with Gasteiger partial charge in [-0.25, -0.2) is 21.1 Å². The third-order valence-electron chi connectivity index (χ3n) is 5.02. The molecule has 2 rings (SSSR count). The number of carbonyl (C=O) groups is 1. The molecular formula is C19H31N3O5S2. The average Bonchev–Trinajstić information content (AvgIpc) is 2.67. The number of nitrogens with one attached hydrogen (secondary N) is 1. The van der Waals surface area contributed by atoms with Crippen LogP contribution in [0, 0.1) is 11.8 Å². The van der Waals surface area contributed by atoms with E-state index in [0.717, 1.165) is 10.7 Å². The Kier molecular flexibility index (Phi) is 7.83. The molecule has 1 fully saturated rings. The number of sulfonamides is 2. The Morgan fingerprint density at radius 2 is 1.72 bits per heavy atom. The Labute approximate surface area is 174 Å². The Balaban J connectivity index is 2.11. The van der Waals surface area contributed by atoms with Crippen LogP contribution >= 0.6 is 0 Å². The van der Waals surface area contributed by atoms with Gasteiger partial charge in [-0.05, 0) is 49.4 Å². The minimum atomic E-state index is -3.80. The average molecular weight is 446 g/mol. The zero-order chi connectivity index (χ0) is 21.8. The molecule has 10 heteroatoms. The molecule has 1 heterocycles. The summed E-state index contributed by atoms with van der Waals surface area (Å²) in [6, 6.07) is 5.20. The van der Waals surface area contributed by atoms with Crippen LogP contribution in [-0.2, 0) is 24.8 Å². The standard InChI is InChI=1S/C19H31N3O5S2/c1-15(2)11-12-20-19(23)16-6-5-13-22(14-16)29(26,27)18-9-7-17(8-10-18)28(24,25)21(3)4/h7-10,15-16H,5-6,11-14H2,1-4H3,(H,20,23). The van der Waals surface area contributed by atoms with Gasteiger partial charge in [0.25, 0.3) is 0 Å². The normalized spacial score (nSPS) is 18.9. The maximum atomic E-state index is 13.0. The van der Waals surface area contributed by atoms with E-state index in [2.05, 4.69) is 19.2 Å². The smallest absolute Gasteiger partial charge is 0.243 e. The zero-order valence-corrected chi connectivity index (χ0v) is 19.1. The van der Waals surface area contributed by atoms with Crippen LogP contribution in [0.15, 0.2) is 34.1 Å². The molecule has 8 nitrogen and oxygen atoms in total. The first-order valence-electron chi connectivity index (χ1n) is 9.76. The molecule has 1 atom stereocenters. The third-order valence-corrected chi connectivity index (χ3v) is 8.72. The van der Waals surface area contributed by atoms with Gasteiger partial charge in [-0.15, -0.1) is 0 Å². The summed E-state index contributed by atoms with van der Waals surface area (Å²) >= 11 is 0. The van der Waals surface area contributed by atoms with Crippen LogP contribution in [0.25, 0.3) is 0 Å². The number of hydrogen-bond acceptors (Lipinski definition) is 5. The second-order valence-corrected chi connectivity index (χ2v) is 12.0. The van der Waals surface area contributed by atoms with Crippen molar-refractivity contribution in [2.24, 2.45) is 11.8 Å². The van der Waals surface area contributed by atoms with Gasteiger partial charge in [-0.3, -0.25) is 4.79 Å². The van der Waals surface area contributed by atoms with E-state index in [1.165, 1.54) is 42.7 Å². The van der Waals surface area contributed by atoms with Gasteiger partial charge < -0.3 is 5.32 Å². The number of benzene rings is 1. The third kappa shape index (κ3) is 5.78. The van der Waals surface area contributed by atoms with E-state index in [9.17, 15) is 21.6 Å². The van der Waals surface area contributed by atoms with Gasteiger partial charge >= 0.3 is 0 Å². The highest BCUT2D eigenvalue weighted by Gasteiger charge is 2.33. The largest absolute Gasteiger partial charge is 0.356 e. The van der Waals surface area contributed by atoms with Gasteiger partial charge in [-0.2, -0.15) is 4.31 Å². The molecule has 29 heavy (non-hydrogen) atoms. The van der Waals surface area contributed by atoms with Crippen molar-refractivity contribution in [3.8, 4) is 0 Å². The van der Waals surface area contributed by atoms with E-state index >= 15 is 0 Å². The minimum Gasteiger partial charge on any atom is -0.356 e. The van der Waals surface area contributed by atoms with E-state index in [1.807, 2.05) is 0 Å². The molecule has 1 unspecified atom stereocenters. The predicted octanol–water partition coefficient (Wildman–Crippen LogP) is 1.50. The quantitative estimate of drug-likeness (QED) is 0.653. The van der Waals surface area contributed by atoms with Gasteiger partial charge in [0.05, 0.1) is 15.7 Å². The molecule has 1 aliphatic heterocycles. The van der Waals surface area contributed by atoms with Gasteiger partial charge in [0.1, 0.15) is 0 Å². The molecule has 1 aromatic rings. The lowest BCUT2D eigenvalue weighted by molar-refractivity contribution is -0.126. The van der Waals surface area contributed by atoms with E-state index < -0.39 is 20.0 Å². The molecule has 0 radical (unpaired) electrons. The first-order chi connectivity index (χ1) is 13.5. The predicted molar refractivity (Wildman–Crippen MR) is 111 cm³/mol. The summed E-state index contributed by atoms with van der Waals surface area (Å²) in [7, 11) is -4.59. The van der Waals surface area contributed by atoms with Crippen LogP contribution in [-0.4, -0.2) is 65.1 Å². The maximum absolute atomic E-state index is 13.0. The summed E-state index contributed by atoms with van der Waals surface area (Å²) < 4.78 is 52.7. The summed E-state index contributed by atoms with van der Waals surface area (Å²) in [6.45, 7) is 5.22. The van der Waals surface area contributed by atoms with E-state index in [-0.39, 0.29) is 28.2 Å². The molecule has 1 aromatic carbocycles. The summed E-state index contributed by atoms with van der Waals surface area (Å²) in [4.78, 5) is 12.5. The lowest BCUT2D eigenvalue weighted by Gasteiger charge is -2.31. The lowest BCUT2D eigenvalue weighted by atomic mass is 9.98. The molecular weight excluding hydrogens is 414 g/mol. The zero-order valence-electron chi connectivity index (χ0n) is 17.5. The van der Waals surface area contributed by atoms with E-state index in [0.29, 0.717) is 31.8 Å². The highest BCUT2D eigenvalue weighted by Crippen LogP contribution is 2.25. The highest BCUT2D eigenvalue weighted by atomic mass is 32.2. The highest BCUT2D eigenvalue weighted by molar-refractivity contribution is 7.89. The van der Waals surface area contributed by atoms with Gasteiger partial charge in [0, 0.05) is 33.7 Å². The number of hydrogen-bond donors (Lipinski definition) is 1. The Hall–Kier alpha value is -1.49. The van der Waals surface area contributed by atoms with Crippen molar-refractivity contribution in [3.05, 3.63) is 24.3 Å². The molecule has 1 amide bonds. The van der Waals surface area contributed by atoms with E-state index in [1.54, 1.807) is 0 Å². The molecule has 0 saturated carbocycles. The second kappa shape index (κ2) is 9.55. The Morgan fingerprint density at radius 1 is 1.14 bits per heavy atom. The number of amides is 1. The van der Waals surface area contributed by atoms with Crippen molar-refractivity contribution in [1.29, 1.82) is 0 Å². The van der Waals surface area contributed by atoms with Gasteiger partial charge in [0.15, 0.2) is 0 Å². The molecule has 0 spiro atoms. The van der Waals surface area contributed by atoms with Crippen molar-refractivity contribution >= 4 is 26.0 Å². The van der Waals surface area contributed by atoms with Crippen molar-refractivity contribution in [3.63, 3.8) is 0 Å². The van der Waals surface area contributed by atoms with E-state index in [4.69, 9.17) is 0 Å². The second-order valence-electron chi connectivity index (χ2n) is 7.93.